The van der Waals surface area contributed by atoms with Crippen LogP contribution < -0.4 is 5.32 Å². The molecule has 1 aromatic carbocycles. The van der Waals surface area contributed by atoms with E-state index in [1.54, 1.807) is 19.1 Å². The van der Waals surface area contributed by atoms with Gasteiger partial charge < -0.3 is 5.32 Å². The highest BCUT2D eigenvalue weighted by atomic mass is 19.3. The van der Waals surface area contributed by atoms with Gasteiger partial charge in [0.15, 0.2) is 0 Å². The summed E-state index contributed by atoms with van der Waals surface area (Å²) in [5.41, 5.74) is 1.42. The normalized spacial score (nSPS) is 10.4. The SMILES string of the molecule is Cc1cc(Nc2ccccc2)c(C#N)n1C(F)F. The molecule has 1 N–H and O–H groups in total. The second-order valence-corrected chi connectivity index (χ2v) is 3.80. The van der Waals surface area contributed by atoms with Crippen LogP contribution in [0.25, 0.3) is 0 Å². The van der Waals surface area contributed by atoms with E-state index in [-0.39, 0.29) is 5.69 Å². The molecule has 0 saturated carbocycles. The van der Waals surface area contributed by atoms with Crippen LogP contribution in [0.1, 0.15) is 17.9 Å². The molecule has 0 spiro atoms. The molecule has 5 heteroatoms. The van der Waals surface area contributed by atoms with Crippen LogP contribution in [0.5, 0.6) is 0 Å². The fourth-order valence-electron chi connectivity index (χ4n) is 1.79. The molecule has 1 aromatic heterocycles. The van der Waals surface area contributed by atoms with Crippen LogP contribution in [0.4, 0.5) is 20.2 Å². The molecule has 0 aliphatic heterocycles. The van der Waals surface area contributed by atoms with E-state index >= 15 is 0 Å². The van der Waals surface area contributed by atoms with E-state index in [2.05, 4.69) is 5.32 Å². The highest BCUT2D eigenvalue weighted by Gasteiger charge is 2.18. The molecule has 0 unspecified atom stereocenters. The van der Waals surface area contributed by atoms with Gasteiger partial charge in [0, 0.05) is 11.4 Å². The average Bonchev–Trinajstić information content (AvgIpc) is 2.66. The molecule has 92 valence electrons. The van der Waals surface area contributed by atoms with Crippen molar-refractivity contribution in [1.29, 1.82) is 5.26 Å². The van der Waals surface area contributed by atoms with Gasteiger partial charge in [-0.2, -0.15) is 14.0 Å². The lowest BCUT2D eigenvalue weighted by Gasteiger charge is -2.07. The minimum absolute atomic E-state index is 0.0636. The van der Waals surface area contributed by atoms with Crippen LogP contribution in [-0.4, -0.2) is 4.57 Å². The highest BCUT2D eigenvalue weighted by molar-refractivity contribution is 5.66. The lowest BCUT2D eigenvalue weighted by Crippen LogP contribution is -2.03. The summed E-state index contributed by atoms with van der Waals surface area (Å²) in [6, 6.07) is 12.5. The molecule has 1 heterocycles. The molecule has 0 radical (unpaired) electrons. The molecule has 0 atom stereocenters. The smallest absolute Gasteiger partial charge is 0.319 e. The zero-order valence-corrected chi connectivity index (χ0v) is 9.69. The van der Waals surface area contributed by atoms with Crippen LogP contribution in [-0.2, 0) is 0 Å². The number of alkyl halides is 2. The molecule has 0 aliphatic rings. The van der Waals surface area contributed by atoms with Crippen molar-refractivity contribution < 1.29 is 8.78 Å². The van der Waals surface area contributed by atoms with Crippen molar-refractivity contribution in [3.8, 4) is 6.07 Å². The zero-order chi connectivity index (χ0) is 13.1. The minimum atomic E-state index is -2.72. The Kier molecular flexibility index (Phi) is 3.28. The van der Waals surface area contributed by atoms with Gasteiger partial charge in [-0.05, 0) is 25.1 Å². The summed E-state index contributed by atoms with van der Waals surface area (Å²) in [6.45, 7) is -1.17. The van der Waals surface area contributed by atoms with Gasteiger partial charge in [0.25, 0.3) is 0 Å². The number of nitrogens with zero attached hydrogens (tertiary/aromatic N) is 2. The van der Waals surface area contributed by atoms with E-state index in [0.29, 0.717) is 15.9 Å². The first kappa shape index (κ1) is 12.1. The second kappa shape index (κ2) is 4.88. The van der Waals surface area contributed by atoms with Crippen molar-refractivity contribution in [2.24, 2.45) is 0 Å². The lowest BCUT2D eigenvalue weighted by atomic mass is 10.3. The number of hydrogen-bond acceptors (Lipinski definition) is 2. The third kappa shape index (κ3) is 2.18. The number of halogens is 2. The molecule has 2 rings (SSSR count). The van der Waals surface area contributed by atoms with Crippen LogP contribution in [0.15, 0.2) is 36.4 Å². The predicted molar refractivity (Wildman–Crippen MR) is 64.9 cm³/mol. The predicted octanol–water partition coefficient (Wildman–Crippen LogP) is 3.81. The molecule has 0 saturated heterocycles. The number of aryl methyl sites for hydroxylation is 1. The third-order valence-electron chi connectivity index (χ3n) is 2.58. The molecular formula is C13H11F2N3. The molecular weight excluding hydrogens is 236 g/mol. The number of para-hydroxylation sites is 1. The summed E-state index contributed by atoms with van der Waals surface area (Å²) >= 11 is 0. The Balaban J connectivity index is 2.41. The van der Waals surface area contributed by atoms with E-state index < -0.39 is 6.55 Å². The third-order valence-corrected chi connectivity index (χ3v) is 2.58. The summed E-state index contributed by atoms with van der Waals surface area (Å²) in [6.07, 6.45) is 0. The van der Waals surface area contributed by atoms with Gasteiger partial charge in [-0.3, -0.25) is 4.57 Å². The molecule has 0 aliphatic carbocycles. The van der Waals surface area contributed by atoms with Crippen LogP contribution in [0.3, 0.4) is 0 Å². The van der Waals surface area contributed by atoms with E-state index in [4.69, 9.17) is 5.26 Å². The first-order valence-corrected chi connectivity index (χ1v) is 5.35. The maximum atomic E-state index is 12.8. The molecule has 0 bridgehead atoms. The molecule has 0 fully saturated rings. The number of benzene rings is 1. The lowest BCUT2D eigenvalue weighted by molar-refractivity contribution is 0.0679. The number of anilines is 2. The van der Waals surface area contributed by atoms with Gasteiger partial charge in [-0.25, -0.2) is 0 Å². The fraction of sp³-hybridized carbons (Fsp3) is 0.154. The van der Waals surface area contributed by atoms with E-state index in [1.165, 1.54) is 6.07 Å². The van der Waals surface area contributed by atoms with Crippen LogP contribution in [0, 0.1) is 18.3 Å². The standard InChI is InChI=1S/C13H11F2N3/c1-9-7-11(12(8-16)18(9)13(14)15)17-10-5-3-2-4-6-10/h2-7,13,17H,1H3. The van der Waals surface area contributed by atoms with E-state index in [0.717, 1.165) is 5.69 Å². The average molecular weight is 247 g/mol. The summed E-state index contributed by atoms with van der Waals surface area (Å²) in [4.78, 5) is 0. The Morgan fingerprint density at radius 1 is 1.28 bits per heavy atom. The maximum Gasteiger partial charge on any atom is 0.319 e. The Hall–Kier alpha value is -2.35. The van der Waals surface area contributed by atoms with Crippen molar-refractivity contribution >= 4 is 11.4 Å². The Morgan fingerprint density at radius 2 is 1.94 bits per heavy atom. The van der Waals surface area contributed by atoms with Gasteiger partial charge in [0.05, 0.1) is 5.69 Å². The van der Waals surface area contributed by atoms with Gasteiger partial charge in [0.1, 0.15) is 11.8 Å². The first-order chi connectivity index (χ1) is 8.63. The van der Waals surface area contributed by atoms with Gasteiger partial charge in [-0.1, -0.05) is 18.2 Å². The largest absolute Gasteiger partial charge is 0.353 e. The van der Waals surface area contributed by atoms with Crippen LogP contribution >= 0.6 is 0 Å². The molecule has 3 nitrogen and oxygen atoms in total. The number of nitriles is 1. The number of rotatable bonds is 3. The summed E-state index contributed by atoms with van der Waals surface area (Å²) in [7, 11) is 0. The van der Waals surface area contributed by atoms with Crippen molar-refractivity contribution in [3.63, 3.8) is 0 Å². The monoisotopic (exact) mass is 247 g/mol. The number of nitrogens with one attached hydrogen (secondary N) is 1. The van der Waals surface area contributed by atoms with Gasteiger partial charge in [0.2, 0.25) is 0 Å². The van der Waals surface area contributed by atoms with E-state index in [1.807, 2.05) is 24.3 Å². The van der Waals surface area contributed by atoms with Crippen molar-refractivity contribution in [3.05, 3.63) is 47.8 Å². The maximum absolute atomic E-state index is 12.8. The quantitative estimate of drug-likeness (QED) is 0.896. The number of aromatic nitrogens is 1. The fourth-order valence-corrected chi connectivity index (χ4v) is 1.79. The Morgan fingerprint density at radius 3 is 2.50 bits per heavy atom. The molecule has 0 amide bonds. The van der Waals surface area contributed by atoms with Crippen LogP contribution in [0.2, 0.25) is 0 Å². The summed E-state index contributed by atoms with van der Waals surface area (Å²) in [5.74, 6) is 0. The minimum Gasteiger partial charge on any atom is -0.353 e. The highest BCUT2D eigenvalue weighted by Crippen LogP contribution is 2.28. The zero-order valence-electron chi connectivity index (χ0n) is 9.69. The molecule has 18 heavy (non-hydrogen) atoms. The Labute approximate surface area is 103 Å². The van der Waals surface area contributed by atoms with Gasteiger partial charge in [-0.15, -0.1) is 0 Å². The summed E-state index contributed by atoms with van der Waals surface area (Å²) < 4.78 is 26.3. The second-order valence-electron chi connectivity index (χ2n) is 3.80. The first-order valence-electron chi connectivity index (χ1n) is 5.35. The Bertz CT molecular complexity index is 582. The number of hydrogen-bond donors (Lipinski definition) is 1. The summed E-state index contributed by atoms with van der Waals surface area (Å²) in [5, 5.41) is 12.0. The molecule has 2 aromatic rings. The van der Waals surface area contributed by atoms with Gasteiger partial charge >= 0.3 is 6.55 Å². The van der Waals surface area contributed by atoms with E-state index in [9.17, 15) is 8.78 Å². The topological polar surface area (TPSA) is 40.8 Å². The van der Waals surface area contributed by atoms with Crippen molar-refractivity contribution in [2.75, 3.05) is 5.32 Å². The van der Waals surface area contributed by atoms with Crippen molar-refractivity contribution in [2.45, 2.75) is 13.5 Å². The van der Waals surface area contributed by atoms with Crippen molar-refractivity contribution in [1.82, 2.24) is 4.57 Å².